The Labute approximate surface area is 267 Å². The van der Waals surface area contributed by atoms with Gasteiger partial charge in [0.1, 0.15) is 0 Å². The summed E-state index contributed by atoms with van der Waals surface area (Å²) in [6.07, 6.45) is 14.3. The molecule has 4 rings (SSSR count). The molecule has 6 nitrogen and oxygen atoms in total. The number of anilines is 3. The van der Waals surface area contributed by atoms with E-state index in [1.807, 2.05) is 18.2 Å². The highest BCUT2D eigenvalue weighted by Gasteiger charge is 2.34. The van der Waals surface area contributed by atoms with Crippen LogP contribution in [0, 0.1) is 46.3 Å². The van der Waals surface area contributed by atoms with Crippen LogP contribution >= 0.6 is 0 Å². The second-order valence-electron chi connectivity index (χ2n) is 16.6. The molecule has 0 aromatic heterocycles. The first-order chi connectivity index (χ1) is 20.7. The number of nitrogens with one attached hydrogen (secondary N) is 3. The zero-order chi connectivity index (χ0) is 32.1. The van der Waals surface area contributed by atoms with E-state index in [1.165, 1.54) is 12.8 Å². The van der Waals surface area contributed by atoms with Gasteiger partial charge in [-0.15, -0.1) is 0 Å². The van der Waals surface area contributed by atoms with E-state index >= 15 is 0 Å². The van der Waals surface area contributed by atoms with Crippen molar-refractivity contribution >= 4 is 34.8 Å². The summed E-state index contributed by atoms with van der Waals surface area (Å²) in [7, 11) is 0. The molecule has 0 heterocycles. The lowest BCUT2D eigenvalue weighted by molar-refractivity contribution is -0.122. The Kier molecular flexibility index (Phi) is 11.6. The van der Waals surface area contributed by atoms with Crippen molar-refractivity contribution < 1.29 is 14.4 Å². The minimum atomic E-state index is -0.0128. The van der Waals surface area contributed by atoms with E-state index in [-0.39, 0.29) is 46.3 Å². The van der Waals surface area contributed by atoms with Gasteiger partial charge in [0.25, 0.3) is 0 Å². The molecule has 3 aliphatic rings. The number of carbonyl (C=O) groups excluding carboxylic acids is 3. The highest BCUT2D eigenvalue weighted by atomic mass is 16.2. The molecule has 3 fully saturated rings. The molecular weight excluding hydrogens is 546 g/mol. The van der Waals surface area contributed by atoms with Gasteiger partial charge in [-0.2, -0.15) is 0 Å². The van der Waals surface area contributed by atoms with Crippen molar-refractivity contribution in [1.29, 1.82) is 0 Å². The summed E-state index contributed by atoms with van der Waals surface area (Å²) in [6, 6.07) is 5.55. The van der Waals surface area contributed by atoms with Crippen LogP contribution in [-0.2, 0) is 14.4 Å². The molecule has 1 aromatic rings. The van der Waals surface area contributed by atoms with Gasteiger partial charge in [0.05, 0.1) is 0 Å². The molecule has 0 spiro atoms. The predicted octanol–water partition coefficient (Wildman–Crippen LogP) is 9.81. The Bertz CT molecular complexity index is 1060. The van der Waals surface area contributed by atoms with E-state index in [9.17, 15) is 14.4 Å². The lowest BCUT2D eigenvalue weighted by Crippen LogP contribution is -2.32. The van der Waals surface area contributed by atoms with Crippen molar-refractivity contribution in [2.24, 2.45) is 46.3 Å². The lowest BCUT2D eigenvalue weighted by Gasteiger charge is -2.36. The second-order valence-corrected chi connectivity index (χ2v) is 16.6. The first-order valence-electron chi connectivity index (χ1n) is 17.8. The van der Waals surface area contributed by atoms with E-state index in [2.05, 4.69) is 64.4 Å². The first-order valence-corrected chi connectivity index (χ1v) is 17.8. The Morgan fingerprint density at radius 3 is 1.11 bits per heavy atom. The van der Waals surface area contributed by atoms with Crippen molar-refractivity contribution in [2.45, 2.75) is 138 Å². The van der Waals surface area contributed by atoms with Gasteiger partial charge in [-0.3, -0.25) is 14.4 Å². The molecular formula is C38H61N3O3. The quantitative estimate of drug-likeness (QED) is 0.275. The van der Waals surface area contributed by atoms with Gasteiger partial charge < -0.3 is 16.0 Å². The third kappa shape index (κ3) is 9.57. The molecule has 3 amide bonds. The van der Waals surface area contributed by atoms with Crippen LogP contribution in [0.2, 0.25) is 0 Å². The molecule has 0 radical (unpaired) electrons. The summed E-state index contributed by atoms with van der Waals surface area (Å²) in [5, 5.41) is 9.45. The Balaban J connectivity index is 1.44. The molecule has 3 N–H and O–H groups in total. The zero-order valence-corrected chi connectivity index (χ0v) is 28.8. The minimum absolute atomic E-state index is 0.00963. The number of benzene rings is 1. The summed E-state index contributed by atoms with van der Waals surface area (Å²) in [4.78, 5) is 40.1. The van der Waals surface area contributed by atoms with Crippen molar-refractivity contribution in [1.82, 2.24) is 0 Å². The van der Waals surface area contributed by atoms with Gasteiger partial charge in [0.2, 0.25) is 17.7 Å². The topological polar surface area (TPSA) is 87.3 Å². The minimum Gasteiger partial charge on any atom is -0.326 e. The number of hydrogen-bond acceptors (Lipinski definition) is 3. The molecule has 246 valence electrons. The molecule has 3 saturated carbocycles. The summed E-state index contributed by atoms with van der Waals surface area (Å²) >= 11 is 0. The largest absolute Gasteiger partial charge is 0.326 e. The lowest BCUT2D eigenvalue weighted by atomic mass is 9.69. The maximum atomic E-state index is 13.4. The van der Waals surface area contributed by atoms with Crippen molar-refractivity contribution in [3.05, 3.63) is 18.2 Å². The van der Waals surface area contributed by atoms with E-state index in [0.717, 1.165) is 83.0 Å². The average molecular weight is 608 g/mol. The number of carbonyl (C=O) groups is 3. The predicted molar refractivity (Wildman–Crippen MR) is 182 cm³/mol. The summed E-state index contributed by atoms with van der Waals surface area (Å²) in [6.45, 7) is 16.0. The van der Waals surface area contributed by atoms with Crippen LogP contribution in [0.3, 0.4) is 0 Å². The molecule has 0 saturated heterocycles. The molecule has 6 heteroatoms. The monoisotopic (exact) mass is 607 g/mol. The van der Waals surface area contributed by atoms with Crippen LogP contribution in [0.15, 0.2) is 18.2 Å². The maximum absolute atomic E-state index is 13.4. The second kappa shape index (κ2) is 14.8. The molecule has 0 bridgehead atoms. The van der Waals surface area contributed by atoms with Gasteiger partial charge in [-0.25, -0.2) is 0 Å². The van der Waals surface area contributed by atoms with Crippen LogP contribution < -0.4 is 16.0 Å². The fourth-order valence-electron chi connectivity index (χ4n) is 8.14. The van der Waals surface area contributed by atoms with Crippen molar-refractivity contribution in [3.8, 4) is 0 Å². The highest BCUT2D eigenvalue weighted by Crippen LogP contribution is 2.42. The molecule has 3 aliphatic carbocycles. The van der Waals surface area contributed by atoms with Crippen LogP contribution in [0.1, 0.15) is 138 Å². The van der Waals surface area contributed by atoms with E-state index in [4.69, 9.17) is 0 Å². The normalized spacial score (nSPS) is 28.2. The number of hydrogen-bond donors (Lipinski definition) is 3. The summed E-state index contributed by atoms with van der Waals surface area (Å²) in [5.41, 5.74) is 2.42. The first kappa shape index (κ1) is 34.5. The van der Waals surface area contributed by atoms with Crippen LogP contribution in [-0.4, -0.2) is 17.7 Å². The van der Waals surface area contributed by atoms with E-state index in [1.54, 1.807) is 0 Å². The van der Waals surface area contributed by atoms with Crippen LogP contribution in [0.5, 0.6) is 0 Å². The number of amides is 3. The van der Waals surface area contributed by atoms with E-state index in [0.29, 0.717) is 28.9 Å². The van der Waals surface area contributed by atoms with Gasteiger partial charge in [0.15, 0.2) is 0 Å². The highest BCUT2D eigenvalue weighted by molar-refractivity contribution is 5.99. The third-order valence-electron chi connectivity index (χ3n) is 11.3. The zero-order valence-electron chi connectivity index (χ0n) is 28.8. The standard InChI is InChI=1S/C38H61N3O3/c1-8-9-25-10-12-26(13-11-25)34(42)39-31-22-32(40-35(43)27-14-18-29(19-15-27)37(2,3)4)24-33(23-31)41-36(44)28-16-20-30(21-17-28)38(5,6)7/h22-30H,8-21H2,1-7H3,(H,39,42)(H,40,43)(H,41,44). The average Bonchev–Trinajstić information content (AvgIpc) is 2.97. The third-order valence-corrected chi connectivity index (χ3v) is 11.3. The smallest absolute Gasteiger partial charge is 0.227 e. The van der Waals surface area contributed by atoms with Crippen molar-refractivity contribution in [3.63, 3.8) is 0 Å². The molecule has 0 aliphatic heterocycles. The van der Waals surface area contributed by atoms with Gasteiger partial charge in [-0.1, -0.05) is 61.3 Å². The molecule has 44 heavy (non-hydrogen) atoms. The SMILES string of the molecule is CCCC1CCC(C(=O)Nc2cc(NC(=O)C3CCC(C(C)(C)C)CC3)cc(NC(=O)C3CCC(C(C)(C)C)CC3)c2)CC1. The Morgan fingerprint density at radius 1 is 0.545 bits per heavy atom. The van der Waals surface area contributed by atoms with Crippen molar-refractivity contribution in [2.75, 3.05) is 16.0 Å². The Hall–Kier alpha value is -2.37. The molecule has 0 unspecified atom stereocenters. The maximum Gasteiger partial charge on any atom is 0.227 e. The van der Waals surface area contributed by atoms with Crippen LogP contribution in [0.4, 0.5) is 17.1 Å². The summed E-state index contributed by atoms with van der Waals surface area (Å²) < 4.78 is 0. The van der Waals surface area contributed by atoms with E-state index < -0.39 is 0 Å². The molecule has 0 atom stereocenters. The number of rotatable bonds is 8. The van der Waals surface area contributed by atoms with Gasteiger partial charge in [0, 0.05) is 34.8 Å². The summed E-state index contributed by atoms with van der Waals surface area (Å²) in [5.74, 6) is 2.12. The van der Waals surface area contributed by atoms with Gasteiger partial charge >= 0.3 is 0 Å². The molecule has 1 aromatic carbocycles. The fraction of sp³-hybridized carbons (Fsp3) is 0.763. The van der Waals surface area contributed by atoms with Crippen LogP contribution in [0.25, 0.3) is 0 Å². The Morgan fingerprint density at radius 2 is 0.841 bits per heavy atom. The van der Waals surface area contributed by atoms with Gasteiger partial charge in [-0.05, 0) is 124 Å². The fourth-order valence-corrected chi connectivity index (χ4v) is 8.14.